The van der Waals surface area contributed by atoms with Crippen LogP contribution in [-0.2, 0) is 4.79 Å². The van der Waals surface area contributed by atoms with E-state index in [4.69, 9.17) is 4.74 Å². The Bertz CT molecular complexity index is 1030. The average Bonchev–Trinajstić information content (AvgIpc) is 2.77. The van der Waals surface area contributed by atoms with E-state index in [1.165, 1.54) is 26.1 Å². The van der Waals surface area contributed by atoms with Gasteiger partial charge in [0, 0.05) is 30.6 Å². The molecule has 0 aliphatic carbocycles. The highest BCUT2D eigenvalue weighted by molar-refractivity contribution is 5.96. The molecule has 0 saturated heterocycles. The van der Waals surface area contributed by atoms with Crippen molar-refractivity contribution in [2.45, 2.75) is 47.0 Å². The third-order valence-electron chi connectivity index (χ3n) is 5.50. The highest BCUT2D eigenvalue weighted by Gasteiger charge is 2.28. The molecule has 3 N–H and O–H groups in total. The predicted molar refractivity (Wildman–Crippen MR) is 122 cm³/mol. The number of hydrogen-bond acceptors (Lipinski definition) is 6. The number of aliphatic carboxylic acids is 1. The van der Waals surface area contributed by atoms with Crippen LogP contribution in [0.25, 0.3) is 5.57 Å². The van der Waals surface area contributed by atoms with Gasteiger partial charge in [-0.05, 0) is 55.9 Å². The molecule has 1 atom stereocenters. The molecule has 0 aromatic carbocycles. The number of nitrogens with one attached hydrogen (secondary N) is 1. The molecule has 172 valence electrons. The van der Waals surface area contributed by atoms with Gasteiger partial charge in [-0.25, -0.2) is 9.97 Å². The SMILES string of the molecule is C/C=C(/c1cnc(C(=O)NCC(C)(C)C(=O)O)c(O)c1)c1cc(OC)ncc1C(C)CC. The van der Waals surface area contributed by atoms with Gasteiger partial charge in [-0.3, -0.25) is 9.59 Å². The number of pyridine rings is 2. The molecule has 1 unspecified atom stereocenters. The van der Waals surface area contributed by atoms with Crippen LogP contribution in [0.2, 0.25) is 0 Å². The first-order chi connectivity index (χ1) is 15.0. The van der Waals surface area contributed by atoms with Crippen molar-refractivity contribution in [3.63, 3.8) is 0 Å². The van der Waals surface area contributed by atoms with Gasteiger partial charge in [0.05, 0.1) is 12.5 Å². The molecule has 0 bridgehead atoms. The molecule has 2 aromatic heterocycles. The zero-order chi connectivity index (χ0) is 24.1. The van der Waals surface area contributed by atoms with Gasteiger partial charge >= 0.3 is 5.97 Å². The van der Waals surface area contributed by atoms with Crippen LogP contribution in [0.15, 0.2) is 30.6 Å². The fourth-order valence-corrected chi connectivity index (χ4v) is 3.12. The molecule has 32 heavy (non-hydrogen) atoms. The summed E-state index contributed by atoms with van der Waals surface area (Å²) in [4.78, 5) is 32.2. The van der Waals surface area contributed by atoms with E-state index in [1.54, 1.807) is 13.3 Å². The maximum Gasteiger partial charge on any atom is 0.310 e. The Kier molecular flexibility index (Phi) is 7.97. The Morgan fingerprint density at radius 1 is 1.25 bits per heavy atom. The molecule has 2 aromatic rings. The molecule has 0 aliphatic rings. The van der Waals surface area contributed by atoms with Gasteiger partial charge < -0.3 is 20.3 Å². The molecule has 0 spiro atoms. The lowest BCUT2D eigenvalue weighted by Gasteiger charge is -2.20. The molecule has 0 saturated carbocycles. The van der Waals surface area contributed by atoms with Crippen molar-refractivity contribution in [2.75, 3.05) is 13.7 Å². The number of carbonyl (C=O) groups is 2. The number of aromatic hydroxyl groups is 1. The Morgan fingerprint density at radius 3 is 2.47 bits per heavy atom. The van der Waals surface area contributed by atoms with Crippen LogP contribution in [0.4, 0.5) is 0 Å². The molecule has 0 radical (unpaired) electrons. The van der Waals surface area contributed by atoms with E-state index in [2.05, 4.69) is 29.1 Å². The van der Waals surface area contributed by atoms with E-state index in [0.29, 0.717) is 11.4 Å². The summed E-state index contributed by atoms with van der Waals surface area (Å²) in [5.41, 5.74) is 2.09. The van der Waals surface area contributed by atoms with Gasteiger partial charge in [0.15, 0.2) is 5.69 Å². The first-order valence-electron chi connectivity index (χ1n) is 10.5. The molecule has 2 rings (SSSR count). The van der Waals surface area contributed by atoms with Gasteiger partial charge in [-0.15, -0.1) is 0 Å². The molecule has 8 nitrogen and oxygen atoms in total. The van der Waals surface area contributed by atoms with Crippen molar-refractivity contribution in [2.24, 2.45) is 5.41 Å². The van der Waals surface area contributed by atoms with Crippen LogP contribution < -0.4 is 10.1 Å². The van der Waals surface area contributed by atoms with E-state index in [9.17, 15) is 19.8 Å². The number of carbonyl (C=O) groups excluding carboxylic acids is 1. The van der Waals surface area contributed by atoms with Crippen molar-refractivity contribution >= 4 is 17.4 Å². The van der Waals surface area contributed by atoms with Crippen LogP contribution in [0.1, 0.15) is 74.1 Å². The summed E-state index contributed by atoms with van der Waals surface area (Å²) in [5, 5.41) is 22.2. The molecule has 2 heterocycles. The monoisotopic (exact) mass is 441 g/mol. The van der Waals surface area contributed by atoms with Gasteiger partial charge in [-0.1, -0.05) is 19.9 Å². The fourth-order valence-electron chi connectivity index (χ4n) is 3.12. The molecule has 0 aliphatic heterocycles. The number of amides is 1. The molecular formula is C24H31N3O5. The smallest absolute Gasteiger partial charge is 0.310 e. The Balaban J connectivity index is 2.40. The molecule has 0 fully saturated rings. The lowest BCUT2D eigenvalue weighted by atomic mass is 9.89. The fraction of sp³-hybridized carbons (Fsp3) is 0.417. The summed E-state index contributed by atoms with van der Waals surface area (Å²) in [6.07, 6.45) is 6.14. The highest BCUT2D eigenvalue weighted by Crippen LogP contribution is 2.34. The van der Waals surface area contributed by atoms with E-state index in [0.717, 1.165) is 23.1 Å². The topological polar surface area (TPSA) is 122 Å². The van der Waals surface area contributed by atoms with Crippen LogP contribution in [-0.4, -0.2) is 45.7 Å². The van der Waals surface area contributed by atoms with Crippen molar-refractivity contribution in [3.8, 4) is 11.6 Å². The van der Waals surface area contributed by atoms with Crippen LogP contribution in [0.5, 0.6) is 11.6 Å². The summed E-state index contributed by atoms with van der Waals surface area (Å²) in [6, 6.07) is 3.33. The minimum atomic E-state index is -1.14. The number of allylic oxidation sites excluding steroid dienone is 1. The maximum absolute atomic E-state index is 12.5. The minimum absolute atomic E-state index is 0.0980. The van der Waals surface area contributed by atoms with Crippen molar-refractivity contribution in [3.05, 3.63) is 53.0 Å². The predicted octanol–water partition coefficient (Wildman–Crippen LogP) is 4.00. The number of hydrogen-bond donors (Lipinski definition) is 3. The quantitative estimate of drug-likeness (QED) is 0.538. The normalized spacial score (nSPS) is 12.9. The van der Waals surface area contributed by atoms with E-state index >= 15 is 0 Å². The Labute approximate surface area is 188 Å². The molecular weight excluding hydrogens is 410 g/mol. The summed E-state index contributed by atoms with van der Waals surface area (Å²) in [7, 11) is 1.55. The summed E-state index contributed by atoms with van der Waals surface area (Å²) in [5.74, 6) is -1.24. The standard InChI is InChI=1S/C24H31N3O5/c1-7-14(3)18-12-25-20(32-6)10-17(18)16(8-2)15-9-19(28)21(26-11-15)22(29)27-13-24(4,5)23(30)31/h8-12,14,28H,7,13H2,1-6H3,(H,27,29)(H,30,31)/b16-8-. The van der Waals surface area contributed by atoms with Gasteiger partial charge in [0.1, 0.15) is 5.75 Å². The second kappa shape index (κ2) is 10.3. The Hall–Kier alpha value is -3.42. The van der Waals surface area contributed by atoms with Gasteiger partial charge in [0.2, 0.25) is 5.88 Å². The van der Waals surface area contributed by atoms with Crippen molar-refractivity contribution < 1.29 is 24.5 Å². The van der Waals surface area contributed by atoms with E-state index < -0.39 is 17.3 Å². The largest absolute Gasteiger partial charge is 0.505 e. The van der Waals surface area contributed by atoms with Crippen molar-refractivity contribution in [1.82, 2.24) is 15.3 Å². The van der Waals surface area contributed by atoms with E-state index in [-0.39, 0.29) is 23.9 Å². The number of nitrogens with zero attached hydrogens (tertiary/aromatic N) is 2. The highest BCUT2D eigenvalue weighted by atomic mass is 16.5. The summed E-state index contributed by atoms with van der Waals surface area (Å²) >= 11 is 0. The first kappa shape index (κ1) is 24.8. The van der Waals surface area contributed by atoms with Crippen LogP contribution >= 0.6 is 0 Å². The molecule has 1 amide bonds. The number of methoxy groups -OCH3 is 1. The average molecular weight is 442 g/mol. The minimum Gasteiger partial charge on any atom is -0.505 e. The second-order valence-electron chi connectivity index (χ2n) is 8.29. The number of aromatic nitrogens is 2. The van der Waals surface area contributed by atoms with Gasteiger partial charge in [0.25, 0.3) is 5.91 Å². The van der Waals surface area contributed by atoms with Crippen LogP contribution in [0.3, 0.4) is 0 Å². The number of carboxylic acids is 1. The van der Waals surface area contributed by atoms with Crippen molar-refractivity contribution in [1.29, 1.82) is 0 Å². The third kappa shape index (κ3) is 5.43. The zero-order valence-corrected chi connectivity index (χ0v) is 19.4. The zero-order valence-electron chi connectivity index (χ0n) is 19.4. The lowest BCUT2D eigenvalue weighted by Crippen LogP contribution is -2.39. The molecule has 8 heteroatoms. The van der Waals surface area contributed by atoms with Gasteiger partial charge in [-0.2, -0.15) is 0 Å². The first-order valence-corrected chi connectivity index (χ1v) is 10.5. The van der Waals surface area contributed by atoms with Crippen LogP contribution in [0, 0.1) is 5.41 Å². The Morgan fingerprint density at radius 2 is 1.94 bits per heavy atom. The maximum atomic E-state index is 12.5. The third-order valence-corrected chi connectivity index (χ3v) is 5.50. The lowest BCUT2D eigenvalue weighted by molar-refractivity contribution is -0.146. The second-order valence-corrected chi connectivity index (χ2v) is 8.29. The summed E-state index contributed by atoms with van der Waals surface area (Å²) < 4.78 is 5.30. The number of rotatable bonds is 9. The summed E-state index contributed by atoms with van der Waals surface area (Å²) in [6.45, 7) is 9.00. The van der Waals surface area contributed by atoms with E-state index in [1.807, 2.05) is 19.1 Å². The number of ether oxygens (including phenoxy) is 1. The number of carboxylic acid groups (broad SMARTS) is 1.